The Morgan fingerprint density at radius 1 is 1.44 bits per heavy atom. The summed E-state index contributed by atoms with van der Waals surface area (Å²) < 4.78 is 15.3. The second-order valence-corrected chi connectivity index (χ2v) is 5.53. The van der Waals surface area contributed by atoms with Crippen molar-refractivity contribution in [2.45, 2.75) is 11.8 Å². The van der Waals surface area contributed by atoms with E-state index in [0.29, 0.717) is 10.2 Å². The summed E-state index contributed by atoms with van der Waals surface area (Å²) in [5, 5.41) is 7.91. The van der Waals surface area contributed by atoms with Crippen molar-refractivity contribution in [1.29, 1.82) is 0 Å². The molecule has 2 aromatic rings. The predicted octanol–water partition coefficient (Wildman–Crippen LogP) is 3.62. The molecular formula is C10H8Br2FN3. The Labute approximate surface area is 109 Å². The summed E-state index contributed by atoms with van der Waals surface area (Å²) in [4.78, 5) is 0.126. The smallest absolute Gasteiger partial charge is 0.139 e. The number of benzene rings is 1. The van der Waals surface area contributed by atoms with Gasteiger partial charge in [0.2, 0.25) is 0 Å². The van der Waals surface area contributed by atoms with Gasteiger partial charge in [-0.05, 0) is 35.0 Å². The van der Waals surface area contributed by atoms with Crippen molar-refractivity contribution in [3.8, 4) is 5.69 Å². The van der Waals surface area contributed by atoms with Gasteiger partial charge in [0.25, 0.3) is 0 Å². The van der Waals surface area contributed by atoms with Gasteiger partial charge in [-0.2, -0.15) is 0 Å². The van der Waals surface area contributed by atoms with Crippen LogP contribution in [0.1, 0.15) is 17.4 Å². The Hall–Kier alpha value is -0.750. The molecule has 1 aromatic heterocycles. The van der Waals surface area contributed by atoms with Crippen molar-refractivity contribution in [1.82, 2.24) is 15.0 Å². The molecule has 1 heterocycles. The second kappa shape index (κ2) is 4.63. The number of hydrogen-bond acceptors (Lipinski definition) is 2. The van der Waals surface area contributed by atoms with Crippen LogP contribution in [0.25, 0.3) is 5.69 Å². The average molecular weight is 349 g/mol. The molecule has 1 aromatic carbocycles. The van der Waals surface area contributed by atoms with Gasteiger partial charge in [0.05, 0.1) is 26.9 Å². The molecule has 0 saturated heterocycles. The summed E-state index contributed by atoms with van der Waals surface area (Å²) in [6, 6.07) is 4.82. The summed E-state index contributed by atoms with van der Waals surface area (Å²) in [6.45, 7) is 1.95. The van der Waals surface area contributed by atoms with E-state index in [1.165, 1.54) is 6.07 Å². The standard InChI is InChI=1S/C10H8Br2FN3/c1-6(11)10-5-16(15-14-10)7-2-3-8(12)9(13)4-7/h2-6H,1H3. The van der Waals surface area contributed by atoms with Crippen molar-refractivity contribution in [2.75, 3.05) is 0 Å². The van der Waals surface area contributed by atoms with Crippen LogP contribution >= 0.6 is 31.9 Å². The van der Waals surface area contributed by atoms with E-state index in [4.69, 9.17) is 0 Å². The minimum Gasteiger partial charge on any atom is -0.220 e. The van der Waals surface area contributed by atoms with Crippen LogP contribution in [0.4, 0.5) is 4.39 Å². The summed E-state index contributed by atoms with van der Waals surface area (Å²) >= 11 is 6.50. The van der Waals surface area contributed by atoms with Gasteiger partial charge in [-0.15, -0.1) is 5.10 Å². The highest BCUT2D eigenvalue weighted by atomic mass is 79.9. The van der Waals surface area contributed by atoms with E-state index in [1.54, 1.807) is 23.0 Å². The second-order valence-electron chi connectivity index (χ2n) is 3.30. The van der Waals surface area contributed by atoms with Gasteiger partial charge in [0.1, 0.15) is 5.82 Å². The first-order chi connectivity index (χ1) is 7.58. The van der Waals surface area contributed by atoms with Crippen LogP contribution in [-0.2, 0) is 0 Å². The van der Waals surface area contributed by atoms with Gasteiger partial charge in [0.15, 0.2) is 0 Å². The Morgan fingerprint density at radius 2 is 2.19 bits per heavy atom. The number of aromatic nitrogens is 3. The summed E-state index contributed by atoms with van der Waals surface area (Å²) in [5.41, 5.74) is 1.45. The molecule has 0 aliphatic heterocycles. The number of rotatable bonds is 2. The maximum atomic E-state index is 13.3. The van der Waals surface area contributed by atoms with Crippen LogP contribution in [0, 0.1) is 5.82 Å². The summed E-state index contributed by atoms with van der Waals surface area (Å²) in [6.07, 6.45) is 1.77. The molecule has 0 aliphatic carbocycles. The van der Waals surface area contributed by atoms with Gasteiger partial charge in [0, 0.05) is 6.07 Å². The quantitative estimate of drug-likeness (QED) is 0.776. The van der Waals surface area contributed by atoms with Crippen molar-refractivity contribution in [2.24, 2.45) is 0 Å². The Balaban J connectivity index is 2.39. The van der Waals surface area contributed by atoms with E-state index >= 15 is 0 Å². The van der Waals surface area contributed by atoms with Gasteiger partial charge >= 0.3 is 0 Å². The molecule has 84 valence electrons. The lowest BCUT2D eigenvalue weighted by Crippen LogP contribution is -1.95. The molecular weight excluding hydrogens is 341 g/mol. The van der Waals surface area contributed by atoms with E-state index in [1.807, 2.05) is 6.92 Å². The molecule has 0 fully saturated rings. The number of nitrogens with zero attached hydrogens (tertiary/aromatic N) is 3. The molecule has 6 heteroatoms. The molecule has 0 spiro atoms. The molecule has 0 aliphatic rings. The minimum absolute atomic E-state index is 0.126. The van der Waals surface area contributed by atoms with Crippen LogP contribution in [0.2, 0.25) is 0 Å². The van der Waals surface area contributed by atoms with Crippen LogP contribution in [0.15, 0.2) is 28.9 Å². The van der Waals surface area contributed by atoms with Crippen LogP contribution in [0.3, 0.4) is 0 Å². The van der Waals surface area contributed by atoms with E-state index in [2.05, 4.69) is 42.2 Å². The number of alkyl halides is 1. The summed E-state index contributed by atoms with van der Waals surface area (Å²) in [5.74, 6) is -0.318. The lowest BCUT2D eigenvalue weighted by atomic mass is 10.3. The minimum atomic E-state index is -0.318. The third-order valence-corrected chi connectivity index (χ3v) is 3.20. The van der Waals surface area contributed by atoms with Crippen LogP contribution in [-0.4, -0.2) is 15.0 Å². The average Bonchev–Trinajstić information content (AvgIpc) is 2.71. The first-order valence-corrected chi connectivity index (χ1v) is 6.30. The Morgan fingerprint density at radius 3 is 2.75 bits per heavy atom. The molecule has 0 saturated carbocycles. The maximum Gasteiger partial charge on any atom is 0.139 e. The van der Waals surface area contributed by atoms with Gasteiger partial charge in [-0.25, -0.2) is 9.07 Å². The van der Waals surface area contributed by atoms with Crippen LogP contribution in [0.5, 0.6) is 0 Å². The number of halogens is 3. The lowest BCUT2D eigenvalue weighted by Gasteiger charge is -2.01. The molecule has 2 rings (SSSR count). The van der Waals surface area contributed by atoms with Crippen molar-refractivity contribution >= 4 is 31.9 Å². The predicted molar refractivity (Wildman–Crippen MR) is 66.4 cm³/mol. The number of hydrogen-bond donors (Lipinski definition) is 0. The highest BCUT2D eigenvalue weighted by Gasteiger charge is 2.08. The zero-order chi connectivity index (χ0) is 11.7. The fourth-order valence-corrected chi connectivity index (χ4v) is 1.67. The molecule has 0 N–H and O–H groups in total. The van der Waals surface area contributed by atoms with E-state index in [9.17, 15) is 4.39 Å². The molecule has 3 nitrogen and oxygen atoms in total. The molecule has 0 radical (unpaired) electrons. The Kier molecular flexibility index (Phi) is 3.39. The first kappa shape index (κ1) is 11.7. The molecule has 0 bridgehead atoms. The molecule has 1 unspecified atom stereocenters. The molecule has 16 heavy (non-hydrogen) atoms. The lowest BCUT2D eigenvalue weighted by molar-refractivity contribution is 0.618. The monoisotopic (exact) mass is 347 g/mol. The third kappa shape index (κ3) is 2.32. The summed E-state index contributed by atoms with van der Waals surface area (Å²) in [7, 11) is 0. The van der Waals surface area contributed by atoms with Crippen molar-refractivity contribution in [3.63, 3.8) is 0 Å². The maximum absolute atomic E-state index is 13.3. The molecule has 1 atom stereocenters. The molecule has 0 amide bonds. The van der Waals surface area contributed by atoms with Gasteiger partial charge in [-0.3, -0.25) is 0 Å². The van der Waals surface area contributed by atoms with E-state index in [-0.39, 0.29) is 10.6 Å². The van der Waals surface area contributed by atoms with Crippen LogP contribution < -0.4 is 0 Å². The van der Waals surface area contributed by atoms with Crippen molar-refractivity contribution < 1.29 is 4.39 Å². The first-order valence-electron chi connectivity index (χ1n) is 4.59. The van der Waals surface area contributed by atoms with Gasteiger partial charge < -0.3 is 0 Å². The fourth-order valence-electron chi connectivity index (χ4n) is 1.21. The largest absolute Gasteiger partial charge is 0.220 e. The fraction of sp³-hybridized carbons (Fsp3) is 0.200. The SMILES string of the molecule is CC(Br)c1cn(-c2ccc(Br)c(F)c2)nn1. The third-order valence-electron chi connectivity index (χ3n) is 2.09. The Bertz CT molecular complexity index is 511. The van der Waals surface area contributed by atoms with E-state index in [0.717, 1.165) is 5.69 Å². The highest BCUT2D eigenvalue weighted by molar-refractivity contribution is 9.10. The van der Waals surface area contributed by atoms with E-state index < -0.39 is 0 Å². The van der Waals surface area contributed by atoms with Gasteiger partial charge in [-0.1, -0.05) is 21.1 Å². The zero-order valence-electron chi connectivity index (χ0n) is 8.36. The normalized spacial score (nSPS) is 12.8. The zero-order valence-corrected chi connectivity index (χ0v) is 11.5. The topological polar surface area (TPSA) is 30.7 Å². The van der Waals surface area contributed by atoms with Crippen molar-refractivity contribution in [3.05, 3.63) is 40.4 Å². The highest BCUT2D eigenvalue weighted by Crippen LogP contribution is 2.21.